The number of benzene rings is 1. The normalized spacial score (nSPS) is 26.6. The molecule has 38 heavy (non-hydrogen) atoms. The van der Waals surface area contributed by atoms with Gasteiger partial charge < -0.3 is 14.8 Å². The zero-order valence-corrected chi connectivity index (χ0v) is 25.1. The number of nitrogens with zero attached hydrogens (tertiary/aromatic N) is 1. The van der Waals surface area contributed by atoms with E-state index in [1.807, 2.05) is 0 Å². The minimum absolute atomic E-state index is 0.0341. The van der Waals surface area contributed by atoms with Crippen LogP contribution in [0.4, 0.5) is 0 Å². The number of ether oxygens (including phenoxy) is 2. The van der Waals surface area contributed by atoms with E-state index in [2.05, 4.69) is 72.7 Å². The molecule has 2 unspecified atom stereocenters. The maximum Gasteiger partial charge on any atom is 0.314 e. The van der Waals surface area contributed by atoms with Gasteiger partial charge in [0.2, 0.25) is 0 Å². The molecule has 0 aliphatic carbocycles. The first-order valence-corrected chi connectivity index (χ1v) is 14.3. The molecule has 1 N–H and O–H groups in total. The van der Waals surface area contributed by atoms with Crippen LogP contribution in [-0.4, -0.2) is 45.8 Å². The standard InChI is InChI=1S/C31H50N2O5/c1-10-18-36-33-30(6,7)17-15-23(21-31(33,8)9)27(35)38-25-13-11-12-24(19-25)37-26(34)22-14-16-28(2,3)32-29(4,5)20-22/h11-13,19,22-23,32H,10,14-18,20-21H2,1-9H3. The molecule has 0 saturated carbocycles. The summed E-state index contributed by atoms with van der Waals surface area (Å²) in [5.41, 5.74) is -0.724. The smallest absolute Gasteiger partial charge is 0.314 e. The highest BCUT2D eigenvalue weighted by molar-refractivity contribution is 5.77. The number of carbonyl (C=O) groups excluding carboxylic acids is 2. The van der Waals surface area contributed by atoms with E-state index in [4.69, 9.17) is 14.3 Å². The molecule has 0 radical (unpaired) electrons. The van der Waals surface area contributed by atoms with Gasteiger partial charge in [-0.1, -0.05) is 13.0 Å². The summed E-state index contributed by atoms with van der Waals surface area (Å²) in [6.45, 7) is 19.9. The Kier molecular flexibility index (Phi) is 9.37. The summed E-state index contributed by atoms with van der Waals surface area (Å²) >= 11 is 0. The Morgan fingerprint density at radius 2 is 1.39 bits per heavy atom. The molecule has 7 nitrogen and oxygen atoms in total. The highest BCUT2D eigenvalue weighted by Crippen LogP contribution is 2.40. The van der Waals surface area contributed by atoms with Crippen LogP contribution >= 0.6 is 0 Å². The van der Waals surface area contributed by atoms with Crippen molar-refractivity contribution < 1.29 is 23.9 Å². The molecule has 0 amide bonds. The van der Waals surface area contributed by atoms with Crippen LogP contribution in [0.15, 0.2) is 24.3 Å². The molecule has 214 valence electrons. The molecule has 2 aliphatic rings. The van der Waals surface area contributed by atoms with Crippen molar-refractivity contribution in [2.45, 2.75) is 129 Å². The first-order valence-electron chi connectivity index (χ1n) is 14.3. The lowest BCUT2D eigenvalue weighted by Crippen LogP contribution is -2.54. The van der Waals surface area contributed by atoms with Gasteiger partial charge >= 0.3 is 11.9 Å². The summed E-state index contributed by atoms with van der Waals surface area (Å²) in [6.07, 6.45) is 5.47. The topological polar surface area (TPSA) is 77.1 Å². The Morgan fingerprint density at radius 1 is 0.842 bits per heavy atom. The van der Waals surface area contributed by atoms with Crippen molar-refractivity contribution in [1.29, 1.82) is 0 Å². The van der Waals surface area contributed by atoms with Gasteiger partial charge in [0, 0.05) is 28.2 Å². The van der Waals surface area contributed by atoms with E-state index >= 15 is 0 Å². The highest BCUT2D eigenvalue weighted by atomic mass is 16.7. The number of nitrogens with one attached hydrogen (secondary N) is 1. The van der Waals surface area contributed by atoms with Crippen molar-refractivity contribution in [3.05, 3.63) is 24.3 Å². The number of carbonyl (C=O) groups is 2. The van der Waals surface area contributed by atoms with Crippen molar-refractivity contribution in [2.75, 3.05) is 6.61 Å². The molecule has 0 aromatic heterocycles. The summed E-state index contributed by atoms with van der Waals surface area (Å²) in [6, 6.07) is 6.87. The predicted molar refractivity (Wildman–Crippen MR) is 150 cm³/mol. The predicted octanol–water partition coefficient (Wildman–Crippen LogP) is 6.45. The Bertz CT molecular complexity index is 984. The van der Waals surface area contributed by atoms with E-state index in [1.54, 1.807) is 24.3 Å². The molecule has 0 bridgehead atoms. The Hall–Kier alpha value is -1.96. The van der Waals surface area contributed by atoms with Gasteiger partial charge in [-0.25, -0.2) is 0 Å². The van der Waals surface area contributed by atoms with Crippen LogP contribution in [0.3, 0.4) is 0 Å². The Balaban J connectivity index is 1.66. The van der Waals surface area contributed by atoms with Crippen molar-refractivity contribution >= 4 is 11.9 Å². The molecule has 0 spiro atoms. The van der Waals surface area contributed by atoms with Crippen LogP contribution in [0.1, 0.15) is 107 Å². The number of hydroxylamine groups is 2. The van der Waals surface area contributed by atoms with Crippen molar-refractivity contribution in [2.24, 2.45) is 11.8 Å². The van der Waals surface area contributed by atoms with Gasteiger partial charge in [-0.15, -0.1) is 0 Å². The van der Waals surface area contributed by atoms with Crippen LogP contribution in [0, 0.1) is 11.8 Å². The average Bonchev–Trinajstić information content (AvgIpc) is 2.95. The molecule has 2 aliphatic heterocycles. The number of hydrogen-bond acceptors (Lipinski definition) is 7. The van der Waals surface area contributed by atoms with Crippen molar-refractivity contribution in [3.63, 3.8) is 0 Å². The molecule has 2 saturated heterocycles. The summed E-state index contributed by atoms with van der Waals surface area (Å²) in [7, 11) is 0. The van der Waals surface area contributed by atoms with Gasteiger partial charge in [0.1, 0.15) is 11.5 Å². The Morgan fingerprint density at radius 3 is 1.97 bits per heavy atom. The molecule has 1 aromatic rings. The average molecular weight is 531 g/mol. The fraction of sp³-hybridized carbons (Fsp3) is 0.742. The van der Waals surface area contributed by atoms with Crippen LogP contribution in [0.2, 0.25) is 0 Å². The fourth-order valence-corrected chi connectivity index (χ4v) is 6.45. The lowest BCUT2D eigenvalue weighted by atomic mass is 9.89. The zero-order valence-electron chi connectivity index (χ0n) is 25.1. The lowest BCUT2D eigenvalue weighted by Gasteiger charge is -2.45. The fourth-order valence-electron chi connectivity index (χ4n) is 6.45. The largest absolute Gasteiger partial charge is 0.426 e. The molecular formula is C31H50N2O5. The van der Waals surface area contributed by atoms with Gasteiger partial charge in [0.25, 0.3) is 0 Å². The second kappa shape index (κ2) is 11.6. The molecule has 1 aromatic carbocycles. The minimum Gasteiger partial charge on any atom is -0.426 e. The quantitative estimate of drug-likeness (QED) is 0.321. The van der Waals surface area contributed by atoms with Gasteiger partial charge in [0.05, 0.1) is 18.4 Å². The van der Waals surface area contributed by atoms with Crippen LogP contribution in [0.5, 0.6) is 11.5 Å². The summed E-state index contributed by atoms with van der Waals surface area (Å²) < 4.78 is 11.6. The van der Waals surface area contributed by atoms with E-state index in [0.717, 1.165) is 32.1 Å². The van der Waals surface area contributed by atoms with Crippen LogP contribution < -0.4 is 14.8 Å². The second-order valence-corrected chi connectivity index (χ2v) is 13.8. The third-order valence-electron chi connectivity index (χ3n) is 7.83. The number of hydrogen-bond donors (Lipinski definition) is 1. The summed E-state index contributed by atoms with van der Waals surface area (Å²) in [5.74, 6) is -0.148. The lowest BCUT2D eigenvalue weighted by molar-refractivity contribution is -0.264. The molecule has 2 fully saturated rings. The first-order chi connectivity index (χ1) is 17.5. The van der Waals surface area contributed by atoms with Crippen molar-refractivity contribution in [1.82, 2.24) is 10.4 Å². The van der Waals surface area contributed by atoms with Gasteiger partial charge in [-0.3, -0.25) is 14.4 Å². The van der Waals surface area contributed by atoms with Gasteiger partial charge in [0.15, 0.2) is 0 Å². The third kappa shape index (κ3) is 8.03. The van der Waals surface area contributed by atoms with Crippen LogP contribution in [-0.2, 0) is 14.4 Å². The molecule has 7 heteroatoms. The molecular weight excluding hydrogens is 480 g/mol. The van der Waals surface area contributed by atoms with E-state index in [0.29, 0.717) is 30.9 Å². The maximum atomic E-state index is 13.3. The third-order valence-corrected chi connectivity index (χ3v) is 7.83. The monoisotopic (exact) mass is 530 g/mol. The van der Waals surface area contributed by atoms with Crippen LogP contribution in [0.25, 0.3) is 0 Å². The number of rotatable bonds is 7. The SMILES string of the molecule is CCCON1C(C)(C)CCC(C(=O)Oc2cccc(OC(=O)C3CCC(C)(C)NC(C)(C)C3)c2)CC1(C)C. The molecule has 3 rings (SSSR count). The Labute approximate surface area is 229 Å². The van der Waals surface area contributed by atoms with E-state index in [-0.39, 0.29) is 45.9 Å². The zero-order chi connectivity index (χ0) is 28.4. The van der Waals surface area contributed by atoms with E-state index < -0.39 is 0 Å². The molecule has 2 atom stereocenters. The van der Waals surface area contributed by atoms with Crippen molar-refractivity contribution in [3.8, 4) is 11.5 Å². The molecule has 2 heterocycles. The maximum absolute atomic E-state index is 13.3. The van der Waals surface area contributed by atoms with Gasteiger partial charge in [-0.2, -0.15) is 5.06 Å². The second-order valence-electron chi connectivity index (χ2n) is 13.8. The van der Waals surface area contributed by atoms with E-state index in [1.165, 1.54) is 0 Å². The summed E-state index contributed by atoms with van der Waals surface area (Å²) in [4.78, 5) is 32.5. The van der Waals surface area contributed by atoms with Gasteiger partial charge in [-0.05, 0) is 112 Å². The highest BCUT2D eigenvalue weighted by Gasteiger charge is 2.45. The van der Waals surface area contributed by atoms with E-state index in [9.17, 15) is 9.59 Å². The first kappa shape index (κ1) is 30.6. The number of esters is 2. The minimum atomic E-state index is -0.327. The summed E-state index contributed by atoms with van der Waals surface area (Å²) in [5, 5.41) is 5.74.